The van der Waals surface area contributed by atoms with Gasteiger partial charge in [-0.15, -0.1) is 11.3 Å². The highest BCUT2D eigenvalue weighted by Gasteiger charge is 2.47. The van der Waals surface area contributed by atoms with Crippen LogP contribution in [0, 0.1) is 12.8 Å². The number of hydrogen-bond donors (Lipinski definition) is 1. The van der Waals surface area contributed by atoms with E-state index < -0.39 is 6.04 Å². The lowest BCUT2D eigenvalue weighted by Gasteiger charge is -2.36. The molecule has 1 aromatic rings. The molecule has 1 N–H and O–H groups in total. The summed E-state index contributed by atoms with van der Waals surface area (Å²) in [5.41, 5.74) is 1.39. The van der Waals surface area contributed by atoms with E-state index in [9.17, 15) is 14.7 Å². The van der Waals surface area contributed by atoms with Crippen molar-refractivity contribution in [3.8, 4) is 0 Å². The zero-order chi connectivity index (χ0) is 18.1. The summed E-state index contributed by atoms with van der Waals surface area (Å²) in [4.78, 5) is 28.6. The number of Topliss-reactive ketones (excluding diaryl/α,β-unsaturated/α-hetero) is 1. The fraction of sp³-hybridized carbons (Fsp3) is 0.600. The van der Waals surface area contributed by atoms with E-state index in [4.69, 9.17) is 0 Å². The maximum absolute atomic E-state index is 12.9. The van der Waals surface area contributed by atoms with Gasteiger partial charge < -0.3 is 10.0 Å². The van der Waals surface area contributed by atoms with Crippen LogP contribution in [0.2, 0.25) is 0 Å². The molecule has 25 heavy (non-hydrogen) atoms. The van der Waals surface area contributed by atoms with Crippen molar-refractivity contribution in [1.82, 2.24) is 4.90 Å². The number of aryl methyl sites for hydroxylation is 1. The summed E-state index contributed by atoms with van der Waals surface area (Å²) in [7, 11) is 0. The topological polar surface area (TPSA) is 57.6 Å². The Morgan fingerprint density at radius 3 is 2.56 bits per heavy atom. The second-order valence-corrected chi connectivity index (χ2v) is 8.61. The normalized spacial score (nSPS) is 22.3. The Bertz CT molecular complexity index is 698. The van der Waals surface area contributed by atoms with Crippen LogP contribution in [-0.4, -0.2) is 27.7 Å². The van der Waals surface area contributed by atoms with Crippen molar-refractivity contribution < 1.29 is 14.7 Å². The molecule has 3 rings (SSSR count). The van der Waals surface area contributed by atoms with E-state index in [1.165, 1.54) is 6.42 Å². The van der Waals surface area contributed by atoms with Gasteiger partial charge in [0.25, 0.3) is 5.91 Å². The van der Waals surface area contributed by atoms with E-state index in [-0.39, 0.29) is 29.4 Å². The molecule has 4 nitrogen and oxygen atoms in total. The molecular weight excluding hydrogens is 334 g/mol. The summed E-state index contributed by atoms with van der Waals surface area (Å²) in [6, 6.07) is 1.71. The molecule has 1 atom stereocenters. The third kappa shape index (κ3) is 3.39. The van der Waals surface area contributed by atoms with E-state index in [1.807, 2.05) is 32.2 Å². The van der Waals surface area contributed by atoms with E-state index >= 15 is 0 Å². The third-order valence-electron chi connectivity index (χ3n) is 5.26. The Kier molecular flexibility index (Phi) is 5.32. The number of hydrogen-bond acceptors (Lipinski definition) is 4. The standard InChI is InChI=1S/C20H27NO3S/c1-12(2)11-15(22)16-17(19-13(3)9-10-25-19)21(20(24)18(16)23)14-7-5-4-6-8-14/h9-10,12,14,17,23H,4-8,11H2,1-3H3. The number of carbonyl (C=O) groups excluding carboxylic acids is 2. The minimum Gasteiger partial charge on any atom is -0.503 e. The molecule has 1 amide bonds. The maximum Gasteiger partial charge on any atom is 0.290 e. The summed E-state index contributed by atoms with van der Waals surface area (Å²) < 4.78 is 0. The molecule has 0 radical (unpaired) electrons. The molecule has 136 valence electrons. The molecule has 1 aliphatic carbocycles. The first-order chi connectivity index (χ1) is 11.9. The second kappa shape index (κ2) is 7.32. The fourth-order valence-electron chi connectivity index (χ4n) is 4.05. The van der Waals surface area contributed by atoms with Crippen LogP contribution in [0.15, 0.2) is 22.8 Å². The Morgan fingerprint density at radius 2 is 2.00 bits per heavy atom. The predicted octanol–water partition coefficient (Wildman–Crippen LogP) is 4.70. The lowest BCUT2D eigenvalue weighted by Crippen LogP contribution is -2.41. The zero-order valence-corrected chi connectivity index (χ0v) is 16.1. The van der Waals surface area contributed by atoms with Crippen LogP contribution in [0.25, 0.3) is 0 Å². The minimum atomic E-state index is -0.415. The van der Waals surface area contributed by atoms with Gasteiger partial charge in [-0.1, -0.05) is 33.1 Å². The average molecular weight is 362 g/mol. The van der Waals surface area contributed by atoms with E-state index in [0.717, 1.165) is 36.1 Å². The highest BCUT2D eigenvalue weighted by Crippen LogP contribution is 2.45. The molecule has 2 aliphatic rings. The maximum atomic E-state index is 12.9. The first-order valence-electron chi connectivity index (χ1n) is 9.24. The largest absolute Gasteiger partial charge is 0.503 e. The molecule has 5 heteroatoms. The molecule has 0 bridgehead atoms. The van der Waals surface area contributed by atoms with Crippen LogP contribution in [0.5, 0.6) is 0 Å². The number of aliphatic hydroxyl groups excluding tert-OH is 1. The Hall–Kier alpha value is -1.62. The summed E-state index contributed by atoms with van der Waals surface area (Å²) in [5, 5.41) is 12.6. The lowest BCUT2D eigenvalue weighted by atomic mass is 9.91. The summed E-state index contributed by atoms with van der Waals surface area (Å²) in [6.45, 7) is 5.97. The molecule has 1 aliphatic heterocycles. The molecular formula is C20H27NO3S. The first kappa shape index (κ1) is 18.2. The molecule has 1 aromatic heterocycles. The predicted molar refractivity (Wildman–Crippen MR) is 99.6 cm³/mol. The molecule has 1 saturated carbocycles. The van der Waals surface area contributed by atoms with E-state index in [1.54, 1.807) is 16.2 Å². The van der Waals surface area contributed by atoms with Gasteiger partial charge in [-0.2, -0.15) is 0 Å². The Morgan fingerprint density at radius 1 is 1.32 bits per heavy atom. The highest BCUT2D eigenvalue weighted by molar-refractivity contribution is 7.10. The van der Waals surface area contributed by atoms with Gasteiger partial charge in [-0.25, -0.2) is 0 Å². The van der Waals surface area contributed by atoms with Gasteiger partial charge in [0.1, 0.15) is 0 Å². The van der Waals surface area contributed by atoms with Gasteiger partial charge in [0.15, 0.2) is 11.5 Å². The SMILES string of the molecule is Cc1ccsc1C1C(C(=O)CC(C)C)=C(O)C(=O)N1C1CCCCC1. The molecule has 1 fully saturated rings. The van der Waals surface area contributed by atoms with Crippen LogP contribution in [0.4, 0.5) is 0 Å². The van der Waals surface area contributed by atoms with Crippen molar-refractivity contribution in [2.75, 3.05) is 0 Å². The fourth-order valence-corrected chi connectivity index (χ4v) is 5.08. The zero-order valence-electron chi connectivity index (χ0n) is 15.2. The molecule has 1 unspecified atom stereocenters. The van der Waals surface area contributed by atoms with Crippen molar-refractivity contribution in [3.63, 3.8) is 0 Å². The van der Waals surface area contributed by atoms with Crippen LogP contribution in [-0.2, 0) is 9.59 Å². The van der Waals surface area contributed by atoms with Crippen LogP contribution in [0.1, 0.15) is 68.9 Å². The summed E-state index contributed by atoms with van der Waals surface area (Å²) in [6.07, 6.45) is 5.64. The lowest BCUT2D eigenvalue weighted by molar-refractivity contribution is -0.132. The number of nitrogens with zero attached hydrogens (tertiary/aromatic N) is 1. The van der Waals surface area contributed by atoms with Gasteiger partial charge >= 0.3 is 0 Å². The summed E-state index contributed by atoms with van der Waals surface area (Å²) >= 11 is 1.57. The number of rotatable bonds is 5. The Balaban J connectivity index is 2.03. The van der Waals surface area contributed by atoms with Crippen LogP contribution < -0.4 is 0 Å². The van der Waals surface area contributed by atoms with Crippen LogP contribution in [0.3, 0.4) is 0 Å². The number of aliphatic hydroxyl groups is 1. The molecule has 0 aromatic carbocycles. The molecule has 0 saturated heterocycles. The first-order valence-corrected chi connectivity index (χ1v) is 10.1. The average Bonchev–Trinajstić information content (AvgIpc) is 3.09. The third-order valence-corrected chi connectivity index (χ3v) is 6.33. The van der Waals surface area contributed by atoms with Crippen LogP contribution >= 0.6 is 11.3 Å². The summed E-state index contributed by atoms with van der Waals surface area (Å²) in [5.74, 6) is -0.598. The van der Waals surface area contributed by atoms with Crippen molar-refractivity contribution in [3.05, 3.63) is 33.2 Å². The van der Waals surface area contributed by atoms with E-state index in [2.05, 4.69) is 0 Å². The van der Waals surface area contributed by atoms with Gasteiger partial charge in [-0.05, 0) is 42.7 Å². The number of thiophene rings is 1. The van der Waals surface area contributed by atoms with Gasteiger partial charge in [0.05, 0.1) is 11.6 Å². The smallest absolute Gasteiger partial charge is 0.290 e. The molecule has 0 spiro atoms. The Labute approximate surface area is 153 Å². The van der Waals surface area contributed by atoms with Gasteiger partial charge in [-0.3, -0.25) is 9.59 Å². The highest BCUT2D eigenvalue weighted by atomic mass is 32.1. The van der Waals surface area contributed by atoms with Crippen molar-refractivity contribution >= 4 is 23.0 Å². The number of amides is 1. The van der Waals surface area contributed by atoms with Crippen molar-refractivity contribution in [2.45, 2.75) is 71.4 Å². The minimum absolute atomic E-state index is 0.100. The molecule has 2 heterocycles. The van der Waals surface area contributed by atoms with E-state index in [0.29, 0.717) is 12.0 Å². The van der Waals surface area contributed by atoms with Gasteiger partial charge in [0, 0.05) is 17.3 Å². The van der Waals surface area contributed by atoms with Crippen molar-refractivity contribution in [2.24, 2.45) is 5.92 Å². The quantitative estimate of drug-likeness (QED) is 0.827. The van der Waals surface area contributed by atoms with Crippen molar-refractivity contribution in [1.29, 1.82) is 0 Å². The monoisotopic (exact) mass is 361 g/mol. The number of ketones is 1. The second-order valence-electron chi connectivity index (χ2n) is 7.66. The van der Waals surface area contributed by atoms with Gasteiger partial charge in [0.2, 0.25) is 0 Å². The number of carbonyl (C=O) groups is 2.